The third kappa shape index (κ3) is 4.05. The molecule has 1 saturated heterocycles. The van der Waals surface area contributed by atoms with E-state index in [0.29, 0.717) is 13.1 Å². The van der Waals surface area contributed by atoms with Gasteiger partial charge in [0.2, 0.25) is 11.8 Å². The SMILES string of the molecule is CC(C)(C)C(=O)N1CCC(C(=O)Nc2cccc3c2CCCC3)CC1. The minimum Gasteiger partial charge on any atom is -0.342 e. The number of carbonyl (C=O) groups is 2. The predicted octanol–water partition coefficient (Wildman–Crippen LogP) is 3.79. The van der Waals surface area contributed by atoms with Crippen molar-refractivity contribution in [3.05, 3.63) is 29.3 Å². The Hall–Kier alpha value is -1.84. The molecular formula is C21H30N2O2. The zero-order chi connectivity index (χ0) is 18.0. The molecule has 1 N–H and O–H groups in total. The summed E-state index contributed by atoms with van der Waals surface area (Å²) in [6, 6.07) is 6.26. The number of aryl methyl sites for hydroxylation is 1. The summed E-state index contributed by atoms with van der Waals surface area (Å²) in [5, 5.41) is 3.17. The molecule has 1 aromatic rings. The highest BCUT2D eigenvalue weighted by Crippen LogP contribution is 2.29. The van der Waals surface area contributed by atoms with Crippen molar-refractivity contribution in [2.24, 2.45) is 11.3 Å². The molecule has 1 fully saturated rings. The molecule has 0 radical (unpaired) electrons. The summed E-state index contributed by atoms with van der Waals surface area (Å²) in [6.45, 7) is 7.22. The van der Waals surface area contributed by atoms with Crippen LogP contribution in [0.2, 0.25) is 0 Å². The Morgan fingerprint density at radius 2 is 1.76 bits per heavy atom. The van der Waals surface area contributed by atoms with Crippen molar-refractivity contribution in [2.45, 2.75) is 59.3 Å². The average Bonchev–Trinajstić information content (AvgIpc) is 2.61. The zero-order valence-electron chi connectivity index (χ0n) is 15.7. The molecule has 1 aromatic carbocycles. The van der Waals surface area contributed by atoms with Crippen LogP contribution in [-0.2, 0) is 22.4 Å². The van der Waals surface area contributed by atoms with Gasteiger partial charge in [-0.3, -0.25) is 9.59 Å². The molecule has 2 amide bonds. The number of amides is 2. The Morgan fingerprint density at radius 3 is 2.44 bits per heavy atom. The Kier molecular flexibility index (Phi) is 5.16. The van der Waals surface area contributed by atoms with Crippen LogP contribution < -0.4 is 5.32 Å². The van der Waals surface area contributed by atoms with Crippen LogP contribution in [0.1, 0.15) is 57.6 Å². The minimum absolute atomic E-state index is 0.00321. The summed E-state index contributed by atoms with van der Waals surface area (Å²) in [5.41, 5.74) is 3.35. The van der Waals surface area contributed by atoms with Crippen molar-refractivity contribution in [3.8, 4) is 0 Å². The number of rotatable bonds is 2. The van der Waals surface area contributed by atoms with Crippen LogP contribution >= 0.6 is 0 Å². The van der Waals surface area contributed by atoms with E-state index in [1.807, 2.05) is 37.8 Å². The van der Waals surface area contributed by atoms with Gasteiger partial charge in [0.1, 0.15) is 0 Å². The standard InChI is InChI=1S/C21H30N2O2/c1-21(2,3)20(25)23-13-11-16(12-14-23)19(24)22-18-10-6-8-15-7-4-5-9-17(15)18/h6,8,10,16H,4-5,7,9,11-14H2,1-3H3,(H,22,24). The maximum atomic E-state index is 12.7. The van der Waals surface area contributed by atoms with Gasteiger partial charge >= 0.3 is 0 Å². The Labute approximate surface area is 151 Å². The Morgan fingerprint density at radius 1 is 1.08 bits per heavy atom. The number of hydrogen-bond acceptors (Lipinski definition) is 2. The van der Waals surface area contributed by atoms with E-state index in [1.165, 1.54) is 24.0 Å². The molecule has 0 unspecified atom stereocenters. The first-order valence-corrected chi connectivity index (χ1v) is 9.57. The van der Waals surface area contributed by atoms with Crippen molar-refractivity contribution in [2.75, 3.05) is 18.4 Å². The van der Waals surface area contributed by atoms with Crippen LogP contribution in [0.25, 0.3) is 0 Å². The molecule has 1 aliphatic carbocycles. The van der Waals surface area contributed by atoms with Crippen molar-refractivity contribution in [1.29, 1.82) is 0 Å². The molecule has 4 nitrogen and oxygen atoms in total. The fourth-order valence-electron chi connectivity index (χ4n) is 3.95. The van der Waals surface area contributed by atoms with Crippen molar-refractivity contribution < 1.29 is 9.59 Å². The van der Waals surface area contributed by atoms with E-state index in [2.05, 4.69) is 11.4 Å². The fourth-order valence-corrected chi connectivity index (χ4v) is 3.95. The quantitative estimate of drug-likeness (QED) is 0.889. The van der Waals surface area contributed by atoms with E-state index in [-0.39, 0.29) is 23.1 Å². The highest BCUT2D eigenvalue weighted by atomic mass is 16.2. The Balaban J connectivity index is 1.60. The lowest BCUT2D eigenvalue weighted by molar-refractivity contribution is -0.142. The number of hydrogen-bond donors (Lipinski definition) is 1. The molecule has 1 heterocycles. The number of anilines is 1. The van der Waals surface area contributed by atoms with Crippen LogP contribution in [0.15, 0.2) is 18.2 Å². The molecule has 1 aliphatic heterocycles. The summed E-state index contributed by atoms with van der Waals surface area (Å²) in [4.78, 5) is 27.0. The lowest BCUT2D eigenvalue weighted by atomic mass is 9.89. The first kappa shape index (κ1) is 18.0. The highest BCUT2D eigenvalue weighted by molar-refractivity contribution is 5.93. The first-order valence-electron chi connectivity index (χ1n) is 9.57. The van der Waals surface area contributed by atoms with Crippen molar-refractivity contribution >= 4 is 17.5 Å². The number of piperidine rings is 1. The average molecular weight is 342 g/mol. The van der Waals surface area contributed by atoms with Gasteiger partial charge < -0.3 is 10.2 Å². The predicted molar refractivity (Wildman–Crippen MR) is 100 cm³/mol. The molecule has 0 saturated carbocycles. The number of fused-ring (bicyclic) bond motifs is 1. The number of benzene rings is 1. The van der Waals surface area contributed by atoms with E-state index in [9.17, 15) is 9.59 Å². The van der Waals surface area contributed by atoms with Gasteiger partial charge in [-0.2, -0.15) is 0 Å². The topological polar surface area (TPSA) is 49.4 Å². The van der Waals surface area contributed by atoms with E-state index in [0.717, 1.165) is 31.4 Å². The molecule has 3 rings (SSSR count). The first-order chi connectivity index (χ1) is 11.9. The van der Waals surface area contributed by atoms with Crippen LogP contribution in [0.5, 0.6) is 0 Å². The second-order valence-electron chi connectivity index (χ2n) is 8.46. The van der Waals surface area contributed by atoms with Gasteiger partial charge in [-0.25, -0.2) is 0 Å². The van der Waals surface area contributed by atoms with Gasteiger partial charge in [0.15, 0.2) is 0 Å². The molecule has 0 bridgehead atoms. The number of nitrogens with zero attached hydrogens (tertiary/aromatic N) is 1. The smallest absolute Gasteiger partial charge is 0.227 e. The second-order valence-corrected chi connectivity index (χ2v) is 8.46. The molecule has 136 valence electrons. The number of nitrogens with one attached hydrogen (secondary N) is 1. The van der Waals surface area contributed by atoms with Gasteiger partial charge in [-0.15, -0.1) is 0 Å². The third-order valence-electron chi connectivity index (χ3n) is 5.45. The van der Waals surface area contributed by atoms with Crippen LogP contribution in [0, 0.1) is 11.3 Å². The van der Waals surface area contributed by atoms with Crippen molar-refractivity contribution in [3.63, 3.8) is 0 Å². The lowest BCUT2D eigenvalue weighted by Crippen LogP contribution is -2.45. The van der Waals surface area contributed by atoms with Crippen molar-refractivity contribution in [1.82, 2.24) is 4.90 Å². The number of likely N-dealkylation sites (tertiary alicyclic amines) is 1. The molecule has 25 heavy (non-hydrogen) atoms. The van der Waals surface area contributed by atoms with Gasteiger partial charge in [0, 0.05) is 30.1 Å². The summed E-state index contributed by atoms with van der Waals surface area (Å²) < 4.78 is 0. The summed E-state index contributed by atoms with van der Waals surface area (Å²) >= 11 is 0. The van der Waals surface area contributed by atoms with Gasteiger partial charge in [0.25, 0.3) is 0 Å². The van der Waals surface area contributed by atoms with Crippen LogP contribution in [0.4, 0.5) is 5.69 Å². The van der Waals surface area contributed by atoms with Gasteiger partial charge in [-0.1, -0.05) is 32.9 Å². The van der Waals surface area contributed by atoms with E-state index in [4.69, 9.17) is 0 Å². The molecule has 0 atom stereocenters. The summed E-state index contributed by atoms with van der Waals surface area (Å²) in [7, 11) is 0. The molecule has 4 heteroatoms. The Bertz CT molecular complexity index is 652. The maximum Gasteiger partial charge on any atom is 0.227 e. The molecular weight excluding hydrogens is 312 g/mol. The monoisotopic (exact) mass is 342 g/mol. The zero-order valence-corrected chi connectivity index (χ0v) is 15.7. The largest absolute Gasteiger partial charge is 0.342 e. The van der Waals surface area contributed by atoms with Crippen LogP contribution in [-0.4, -0.2) is 29.8 Å². The molecule has 0 spiro atoms. The minimum atomic E-state index is -0.349. The fraction of sp³-hybridized carbons (Fsp3) is 0.619. The summed E-state index contributed by atoms with van der Waals surface area (Å²) in [5.74, 6) is 0.300. The van der Waals surface area contributed by atoms with Gasteiger partial charge in [0.05, 0.1) is 0 Å². The van der Waals surface area contributed by atoms with E-state index in [1.54, 1.807) is 0 Å². The highest BCUT2D eigenvalue weighted by Gasteiger charge is 2.32. The molecule has 2 aliphatic rings. The molecule has 0 aromatic heterocycles. The number of carbonyl (C=O) groups excluding carboxylic acids is 2. The second kappa shape index (κ2) is 7.19. The lowest BCUT2D eigenvalue weighted by Gasteiger charge is -2.35. The normalized spacial score (nSPS) is 18.6. The summed E-state index contributed by atoms with van der Waals surface area (Å²) in [6.07, 6.45) is 6.12. The van der Waals surface area contributed by atoms with Crippen LogP contribution in [0.3, 0.4) is 0 Å². The maximum absolute atomic E-state index is 12.7. The van der Waals surface area contributed by atoms with Gasteiger partial charge in [-0.05, 0) is 55.7 Å². The van der Waals surface area contributed by atoms with E-state index < -0.39 is 0 Å². The third-order valence-corrected chi connectivity index (χ3v) is 5.45. The van der Waals surface area contributed by atoms with E-state index >= 15 is 0 Å².